The van der Waals surface area contributed by atoms with Crippen molar-refractivity contribution in [3.05, 3.63) is 53.6 Å². The molecule has 0 aromatic heterocycles. The Balaban J connectivity index is 1.34. The van der Waals surface area contributed by atoms with E-state index in [-0.39, 0.29) is 17.9 Å². The molecule has 4 aliphatic rings. The van der Waals surface area contributed by atoms with Gasteiger partial charge in [0.15, 0.2) is 0 Å². The number of anilines is 1. The molecule has 3 unspecified atom stereocenters. The fourth-order valence-corrected chi connectivity index (χ4v) is 7.09. The summed E-state index contributed by atoms with van der Waals surface area (Å²) < 4.78 is 29.7. The maximum atomic E-state index is 13.6. The predicted molar refractivity (Wildman–Crippen MR) is 140 cm³/mol. The van der Waals surface area contributed by atoms with E-state index in [0.717, 1.165) is 49.0 Å². The molecule has 2 fully saturated rings. The number of benzene rings is 2. The third kappa shape index (κ3) is 4.79. The van der Waals surface area contributed by atoms with E-state index >= 15 is 0 Å². The maximum absolute atomic E-state index is 13.6. The molecular formula is C27H32N4O5S. The zero-order valence-corrected chi connectivity index (χ0v) is 21.8. The van der Waals surface area contributed by atoms with Crippen molar-refractivity contribution in [1.29, 1.82) is 0 Å². The minimum atomic E-state index is -1.26. The van der Waals surface area contributed by atoms with E-state index in [4.69, 9.17) is 19.3 Å². The molecular weight excluding hydrogens is 492 g/mol. The minimum Gasteiger partial charge on any atom is -0.497 e. The maximum Gasteiger partial charge on any atom is 0.270 e. The van der Waals surface area contributed by atoms with Gasteiger partial charge >= 0.3 is 0 Å². The Morgan fingerprint density at radius 3 is 2.43 bits per heavy atom. The van der Waals surface area contributed by atoms with Gasteiger partial charge in [-0.2, -0.15) is 5.10 Å². The Hall–Kier alpha value is -2.79. The largest absolute Gasteiger partial charge is 0.497 e. The third-order valence-corrected chi connectivity index (χ3v) is 9.06. The third-order valence-electron chi connectivity index (χ3n) is 7.56. The lowest BCUT2D eigenvalue weighted by molar-refractivity contribution is -0.128. The molecule has 0 radical (unpaired) electrons. The average molecular weight is 525 g/mol. The summed E-state index contributed by atoms with van der Waals surface area (Å²) in [6.07, 6.45) is 0. The molecule has 0 bridgehead atoms. The van der Waals surface area contributed by atoms with E-state index in [0.29, 0.717) is 43.5 Å². The van der Waals surface area contributed by atoms with Gasteiger partial charge in [0.25, 0.3) is 5.91 Å². The number of nitrogens with zero attached hydrogens (tertiary/aromatic N) is 4. The topological polar surface area (TPSA) is 83.9 Å². The van der Waals surface area contributed by atoms with Gasteiger partial charge in [0.05, 0.1) is 56.1 Å². The molecule has 4 aliphatic heterocycles. The average Bonchev–Trinajstić information content (AvgIpc) is 3.33. The van der Waals surface area contributed by atoms with E-state index in [1.54, 1.807) is 12.0 Å². The fourth-order valence-electron chi connectivity index (χ4n) is 5.55. The smallest absolute Gasteiger partial charge is 0.270 e. The highest BCUT2D eigenvalue weighted by atomic mass is 32.2. The number of amides is 1. The van der Waals surface area contributed by atoms with Crippen molar-refractivity contribution in [2.75, 3.05) is 70.5 Å². The van der Waals surface area contributed by atoms with Crippen molar-refractivity contribution < 1.29 is 23.2 Å². The second kappa shape index (κ2) is 10.5. The number of hydrogen-bond donors (Lipinski definition) is 0. The molecule has 0 aliphatic carbocycles. The molecule has 3 atom stereocenters. The second-order valence-electron chi connectivity index (χ2n) is 9.76. The summed E-state index contributed by atoms with van der Waals surface area (Å²) in [6, 6.07) is 13.9. The highest BCUT2D eigenvalue weighted by Gasteiger charge is 2.48. The van der Waals surface area contributed by atoms with Crippen LogP contribution in [0.5, 0.6) is 5.75 Å². The number of ether oxygens (including phenoxy) is 3. The van der Waals surface area contributed by atoms with Crippen molar-refractivity contribution in [3.63, 3.8) is 0 Å². The highest BCUT2D eigenvalue weighted by Crippen LogP contribution is 2.46. The Labute approximate surface area is 219 Å². The first-order chi connectivity index (χ1) is 18.1. The second-order valence-corrected chi connectivity index (χ2v) is 11.2. The molecule has 2 aromatic rings. The Bertz CT molecular complexity index is 1210. The summed E-state index contributed by atoms with van der Waals surface area (Å²) in [5.74, 6) is 0.683. The molecule has 6 rings (SSSR count). The Morgan fingerprint density at radius 2 is 1.73 bits per heavy atom. The molecule has 196 valence electrons. The van der Waals surface area contributed by atoms with Crippen LogP contribution in [0.1, 0.15) is 17.2 Å². The monoisotopic (exact) mass is 524 g/mol. The first-order valence-corrected chi connectivity index (χ1v) is 14.1. The van der Waals surface area contributed by atoms with Crippen LogP contribution in [0.4, 0.5) is 5.69 Å². The molecule has 0 N–H and O–H groups in total. The summed E-state index contributed by atoms with van der Waals surface area (Å²) >= 11 is 0. The van der Waals surface area contributed by atoms with Crippen molar-refractivity contribution in [1.82, 2.24) is 9.80 Å². The Morgan fingerprint density at radius 1 is 1.03 bits per heavy atom. The number of carbonyl (C=O) groups is 1. The molecule has 0 saturated carbocycles. The van der Waals surface area contributed by atoms with E-state index in [9.17, 15) is 9.00 Å². The number of morpholine rings is 2. The molecule has 1 amide bonds. The number of carbonyl (C=O) groups excluding carboxylic acids is 1. The first kappa shape index (κ1) is 24.5. The normalized spacial score (nSPS) is 25.9. The summed E-state index contributed by atoms with van der Waals surface area (Å²) in [5.41, 5.74) is 3.56. The number of hydrazone groups is 1. The summed E-state index contributed by atoms with van der Waals surface area (Å²) in [5, 5.41) is 6.88. The highest BCUT2D eigenvalue weighted by molar-refractivity contribution is 7.85. The van der Waals surface area contributed by atoms with Gasteiger partial charge in [-0.1, -0.05) is 18.2 Å². The Kier molecular flexibility index (Phi) is 6.98. The van der Waals surface area contributed by atoms with Crippen LogP contribution in [-0.2, 0) is 31.6 Å². The number of rotatable bonds is 5. The van der Waals surface area contributed by atoms with Crippen molar-refractivity contribution >= 4 is 28.1 Å². The van der Waals surface area contributed by atoms with Gasteiger partial charge in [-0.3, -0.25) is 18.9 Å². The lowest BCUT2D eigenvalue weighted by atomic mass is 9.89. The van der Waals surface area contributed by atoms with E-state index < -0.39 is 10.8 Å². The number of hydrogen-bond acceptors (Lipinski definition) is 8. The van der Waals surface area contributed by atoms with Crippen LogP contribution in [-0.4, -0.2) is 91.1 Å². The lowest BCUT2D eigenvalue weighted by Gasteiger charge is -2.34. The van der Waals surface area contributed by atoms with E-state index in [2.05, 4.69) is 29.2 Å². The van der Waals surface area contributed by atoms with Crippen molar-refractivity contribution in [3.8, 4) is 5.75 Å². The quantitative estimate of drug-likeness (QED) is 0.592. The van der Waals surface area contributed by atoms with Crippen LogP contribution in [0.25, 0.3) is 0 Å². The first-order valence-electron chi connectivity index (χ1n) is 12.8. The molecule has 10 heteroatoms. The predicted octanol–water partition coefficient (Wildman–Crippen LogP) is 2.04. The van der Waals surface area contributed by atoms with Gasteiger partial charge < -0.3 is 19.1 Å². The van der Waals surface area contributed by atoms with Gasteiger partial charge in [0.2, 0.25) is 0 Å². The van der Waals surface area contributed by atoms with Gasteiger partial charge in [0, 0.05) is 49.3 Å². The van der Waals surface area contributed by atoms with Crippen LogP contribution < -0.4 is 9.75 Å². The zero-order chi connectivity index (χ0) is 25.4. The minimum absolute atomic E-state index is 0.0845. The van der Waals surface area contributed by atoms with E-state index in [1.807, 2.05) is 23.2 Å². The van der Waals surface area contributed by atoms with Crippen molar-refractivity contribution in [2.45, 2.75) is 17.5 Å². The molecule has 2 saturated heterocycles. The van der Waals surface area contributed by atoms with Crippen LogP contribution in [0.3, 0.4) is 0 Å². The van der Waals surface area contributed by atoms with Crippen LogP contribution in [0.2, 0.25) is 0 Å². The van der Waals surface area contributed by atoms with E-state index in [1.165, 1.54) is 5.56 Å². The molecule has 37 heavy (non-hydrogen) atoms. The fraction of sp³-hybridized carbons (Fsp3) is 0.481. The van der Waals surface area contributed by atoms with Crippen molar-refractivity contribution in [2.24, 2.45) is 11.0 Å². The molecule has 9 nitrogen and oxygen atoms in total. The number of methoxy groups -OCH3 is 1. The van der Waals surface area contributed by atoms with Gasteiger partial charge in [-0.25, -0.2) is 0 Å². The summed E-state index contributed by atoms with van der Waals surface area (Å²) in [7, 11) is 0.352. The lowest BCUT2D eigenvalue weighted by Crippen LogP contribution is -2.46. The summed E-state index contributed by atoms with van der Waals surface area (Å²) in [6.45, 7) is 6.43. The van der Waals surface area contributed by atoms with Crippen LogP contribution in [0, 0.1) is 5.92 Å². The van der Waals surface area contributed by atoms with Crippen LogP contribution in [0.15, 0.2) is 52.5 Å². The summed E-state index contributed by atoms with van der Waals surface area (Å²) in [4.78, 5) is 18.6. The van der Waals surface area contributed by atoms with Gasteiger partial charge in [-0.15, -0.1) is 0 Å². The molecule has 4 heterocycles. The molecule has 0 spiro atoms. The van der Waals surface area contributed by atoms with Gasteiger partial charge in [0.1, 0.15) is 11.5 Å². The zero-order valence-electron chi connectivity index (χ0n) is 21.0. The van der Waals surface area contributed by atoms with Gasteiger partial charge in [-0.05, 0) is 35.4 Å². The molecule has 2 aromatic carbocycles. The SMILES string of the molecule is COc1ccc2c(c1)S(=O)CC1C(C(=O)N3CCOCC3)=NN(c3ccc(CN4CCOCC4)cc3)C21. The van der Waals surface area contributed by atoms with Crippen LogP contribution >= 0.6 is 0 Å². The standard InChI is InChI=1S/C27H32N4O5S/c1-34-21-6-7-22-24(16-21)37(33)18-23-25(27(32)30-10-14-36-15-11-30)28-31(26(22)23)20-4-2-19(3-5-20)17-29-8-12-35-13-9-29/h2-7,16,23,26H,8-15,17-18H2,1H3. The number of fused-ring (bicyclic) bond motifs is 3.